The summed E-state index contributed by atoms with van der Waals surface area (Å²) in [5, 5.41) is 9.76. The van der Waals surface area contributed by atoms with Gasteiger partial charge >= 0.3 is 0 Å². The lowest BCUT2D eigenvalue weighted by molar-refractivity contribution is 0.412. The SMILES string of the molecule is COc1ccc(-c2nc(C)c(C#N)s2)cc1Br. The first-order valence-electron chi connectivity index (χ1n) is 4.87. The lowest BCUT2D eigenvalue weighted by Crippen LogP contribution is -1.85. The molecule has 5 heteroatoms. The van der Waals surface area contributed by atoms with Gasteiger partial charge in [0.2, 0.25) is 0 Å². The third-order valence-electron chi connectivity index (χ3n) is 2.30. The molecule has 0 amide bonds. The quantitative estimate of drug-likeness (QED) is 0.848. The molecule has 0 saturated heterocycles. The van der Waals surface area contributed by atoms with Crippen LogP contribution in [0.4, 0.5) is 0 Å². The molecule has 2 rings (SSSR count). The Morgan fingerprint density at radius 2 is 2.24 bits per heavy atom. The molecule has 0 unspecified atom stereocenters. The number of nitriles is 1. The lowest BCUT2D eigenvalue weighted by atomic mass is 10.2. The number of methoxy groups -OCH3 is 1. The average molecular weight is 309 g/mol. The molecule has 0 N–H and O–H groups in total. The highest BCUT2D eigenvalue weighted by Gasteiger charge is 2.10. The Hall–Kier alpha value is -1.38. The van der Waals surface area contributed by atoms with Gasteiger partial charge in [-0.15, -0.1) is 11.3 Å². The molecule has 0 aliphatic rings. The van der Waals surface area contributed by atoms with Crippen molar-refractivity contribution in [2.45, 2.75) is 6.92 Å². The maximum absolute atomic E-state index is 8.91. The molecule has 1 heterocycles. The second-order valence-corrected chi connectivity index (χ2v) is 5.25. The van der Waals surface area contributed by atoms with Gasteiger partial charge in [-0.05, 0) is 41.1 Å². The molecule has 2 aromatic rings. The topological polar surface area (TPSA) is 45.9 Å². The molecule has 17 heavy (non-hydrogen) atoms. The highest BCUT2D eigenvalue weighted by molar-refractivity contribution is 9.10. The largest absolute Gasteiger partial charge is 0.496 e. The Morgan fingerprint density at radius 3 is 2.76 bits per heavy atom. The van der Waals surface area contributed by atoms with Gasteiger partial charge in [-0.3, -0.25) is 0 Å². The van der Waals surface area contributed by atoms with Gasteiger partial charge in [0, 0.05) is 5.56 Å². The Balaban J connectivity index is 2.47. The Morgan fingerprint density at radius 1 is 1.47 bits per heavy atom. The van der Waals surface area contributed by atoms with E-state index >= 15 is 0 Å². The number of nitrogens with zero attached hydrogens (tertiary/aromatic N) is 2. The Labute approximate surface area is 112 Å². The van der Waals surface area contributed by atoms with Crippen LogP contribution in [-0.2, 0) is 0 Å². The molecule has 0 aliphatic carbocycles. The van der Waals surface area contributed by atoms with E-state index in [9.17, 15) is 0 Å². The number of ether oxygens (including phenoxy) is 1. The minimum absolute atomic E-state index is 0.659. The zero-order valence-electron chi connectivity index (χ0n) is 9.32. The summed E-state index contributed by atoms with van der Waals surface area (Å²) in [6.07, 6.45) is 0. The van der Waals surface area contributed by atoms with Crippen LogP contribution in [-0.4, -0.2) is 12.1 Å². The third kappa shape index (κ3) is 2.33. The summed E-state index contributed by atoms with van der Waals surface area (Å²) >= 11 is 4.83. The molecule has 1 aromatic carbocycles. The van der Waals surface area contributed by atoms with Crippen molar-refractivity contribution in [3.8, 4) is 22.4 Å². The van der Waals surface area contributed by atoms with Crippen molar-refractivity contribution in [2.75, 3.05) is 7.11 Å². The molecule has 86 valence electrons. The number of aryl methyl sites for hydroxylation is 1. The van der Waals surface area contributed by atoms with Crippen molar-refractivity contribution in [1.29, 1.82) is 5.26 Å². The van der Waals surface area contributed by atoms with Crippen LogP contribution in [0.3, 0.4) is 0 Å². The first kappa shape index (κ1) is 12.1. The maximum Gasteiger partial charge on any atom is 0.133 e. The van der Waals surface area contributed by atoms with E-state index in [0.29, 0.717) is 4.88 Å². The Bertz CT molecular complexity index is 601. The van der Waals surface area contributed by atoms with E-state index in [1.165, 1.54) is 11.3 Å². The minimum atomic E-state index is 0.659. The normalized spacial score (nSPS) is 10.0. The molecule has 3 nitrogen and oxygen atoms in total. The van der Waals surface area contributed by atoms with Crippen LogP contribution < -0.4 is 4.74 Å². The molecule has 0 saturated carbocycles. The molecule has 0 spiro atoms. The molecule has 0 aliphatic heterocycles. The third-order valence-corrected chi connectivity index (χ3v) is 4.03. The first-order chi connectivity index (χ1) is 8.15. The fraction of sp³-hybridized carbons (Fsp3) is 0.167. The van der Waals surface area contributed by atoms with Crippen LogP contribution in [0, 0.1) is 18.3 Å². The summed E-state index contributed by atoms with van der Waals surface area (Å²) < 4.78 is 6.05. The van der Waals surface area contributed by atoms with Crippen molar-refractivity contribution < 1.29 is 4.74 Å². The van der Waals surface area contributed by atoms with Crippen LogP contribution in [0.15, 0.2) is 22.7 Å². The van der Waals surface area contributed by atoms with Crippen LogP contribution in [0.2, 0.25) is 0 Å². The van der Waals surface area contributed by atoms with Crippen molar-refractivity contribution >= 4 is 27.3 Å². The number of benzene rings is 1. The first-order valence-corrected chi connectivity index (χ1v) is 6.48. The zero-order valence-corrected chi connectivity index (χ0v) is 11.7. The number of aromatic nitrogens is 1. The molecular weight excluding hydrogens is 300 g/mol. The summed E-state index contributed by atoms with van der Waals surface area (Å²) in [5.41, 5.74) is 1.76. The average Bonchev–Trinajstić information content (AvgIpc) is 2.70. The van der Waals surface area contributed by atoms with Gasteiger partial charge in [0.25, 0.3) is 0 Å². The van der Waals surface area contributed by atoms with Gasteiger partial charge < -0.3 is 4.74 Å². The van der Waals surface area contributed by atoms with Crippen LogP contribution in [0.1, 0.15) is 10.6 Å². The standard InChI is InChI=1S/C12H9BrN2OS/c1-7-11(6-14)17-12(15-7)8-3-4-10(16-2)9(13)5-8/h3-5H,1-2H3. The number of rotatable bonds is 2. The Kier molecular flexibility index (Phi) is 3.46. The second kappa shape index (κ2) is 4.86. The van der Waals surface area contributed by atoms with E-state index in [1.807, 2.05) is 25.1 Å². The fourth-order valence-corrected chi connectivity index (χ4v) is 2.82. The van der Waals surface area contributed by atoms with Crippen LogP contribution in [0.25, 0.3) is 10.6 Å². The molecular formula is C12H9BrN2OS. The molecule has 0 radical (unpaired) electrons. The number of halogens is 1. The van der Waals surface area contributed by atoms with Crippen molar-refractivity contribution in [1.82, 2.24) is 4.98 Å². The summed E-state index contributed by atoms with van der Waals surface area (Å²) in [6.45, 7) is 1.84. The summed E-state index contributed by atoms with van der Waals surface area (Å²) in [5.74, 6) is 0.780. The molecule has 1 aromatic heterocycles. The highest BCUT2D eigenvalue weighted by atomic mass is 79.9. The highest BCUT2D eigenvalue weighted by Crippen LogP contribution is 2.33. The van der Waals surface area contributed by atoms with E-state index in [4.69, 9.17) is 10.00 Å². The lowest BCUT2D eigenvalue weighted by Gasteiger charge is -2.03. The maximum atomic E-state index is 8.91. The molecule has 0 bridgehead atoms. The van der Waals surface area contributed by atoms with E-state index in [-0.39, 0.29) is 0 Å². The van der Waals surface area contributed by atoms with E-state index < -0.39 is 0 Å². The van der Waals surface area contributed by atoms with Crippen molar-refractivity contribution in [2.24, 2.45) is 0 Å². The predicted octanol–water partition coefficient (Wildman–Crippen LogP) is 3.76. The van der Waals surface area contributed by atoms with Gasteiger partial charge in [-0.25, -0.2) is 4.98 Å². The van der Waals surface area contributed by atoms with Gasteiger partial charge in [-0.2, -0.15) is 5.26 Å². The number of hydrogen-bond acceptors (Lipinski definition) is 4. The summed E-state index contributed by atoms with van der Waals surface area (Å²) in [6, 6.07) is 7.90. The summed E-state index contributed by atoms with van der Waals surface area (Å²) in [7, 11) is 1.63. The number of hydrogen-bond donors (Lipinski definition) is 0. The monoisotopic (exact) mass is 308 g/mol. The fourth-order valence-electron chi connectivity index (χ4n) is 1.42. The van der Waals surface area contributed by atoms with E-state index in [0.717, 1.165) is 26.5 Å². The predicted molar refractivity (Wildman–Crippen MR) is 71.3 cm³/mol. The smallest absolute Gasteiger partial charge is 0.133 e. The van der Waals surface area contributed by atoms with E-state index in [1.54, 1.807) is 7.11 Å². The van der Waals surface area contributed by atoms with Gasteiger partial charge in [0.1, 0.15) is 21.7 Å². The van der Waals surface area contributed by atoms with Gasteiger partial charge in [0.05, 0.1) is 17.3 Å². The minimum Gasteiger partial charge on any atom is -0.496 e. The molecule has 0 atom stereocenters. The van der Waals surface area contributed by atoms with Crippen LogP contribution >= 0.6 is 27.3 Å². The van der Waals surface area contributed by atoms with Crippen LogP contribution in [0.5, 0.6) is 5.75 Å². The van der Waals surface area contributed by atoms with Crippen molar-refractivity contribution in [3.05, 3.63) is 33.2 Å². The summed E-state index contributed by atoms with van der Waals surface area (Å²) in [4.78, 5) is 5.04. The van der Waals surface area contributed by atoms with Gasteiger partial charge in [-0.1, -0.05) is 0 Å². The van der Waals surface area contributed by atoms with Crippen molar-refractivity contribution in [3.63, 3.8) is 0 Å². The zero-order chi connectivity index (χ0) is 12.4. The van der Waals surface area contributed by atoms with E-state index in [2.05, 4.69) is 27.0 Å². The molecule has 0 fully saturated rings. The number of thiazole rings is 1. The second-order valence-electron chi connectivity index (χ2n) is 3.39. The van der Waals surface area contributed by atoms with Gasteiger partial charge in [0.15, 0.2) is 0 Å².